The lowest BCUT2D eigenvalue weighted by Crippen LogP contribution is -2.51. The van der Waals surface area contributed by atoms with Crippen LogP contribution >= 0.6 is 0 Å². The highest BCUT2D eigenvalue weighted by molar-refractivity contribution is 4.90. The van der Waals surface area contributed by atoms with E-state index in [-0.39, 0.29) is 0 Å². The molecule has 2 heterocycles. The summed E-state index contributed by atoms with van der Waals surface area (Å²) in [6.07, 6.45) is 7.24. The number of rotatable bonds is 1. The molecule has 0 radical (unpaired) electrons. The van der Waals surface area contributed by atoms with Gasteiger partial charge in [0.25, 0.3) is 0 Å². The lowest BCUT2D eigenvalue weighted by molar-refractivity contribution is -0.0312. The Morgan fingerprint density at radius 2 is 1.75 bits per heavy atom. The Labute approximate surface area is 74.9 Å². The van der Waals surface area contributed by atoms with Crippen molar-refractivity contribution in [3.63, 3.8) is 0 Å². The molecule has 2 aliphatic rings. The Bertz CT molecular complexity index is 146. The summed E-state index contributed by atoms with van der Waals surface area (Å²) in [4.78, 5) is 2.57. The van der Waals surface area contributed by atoms with Crippen molar-refractivity contribution in [2.75, 3.05) is 14.2 Å². The molecule has 0 aromatic carbocycles. The number of fused-ring (bicyclic) bond motifs is 2. The van der Waals surface area contributed by atoms with Crippen LogP contribution < -0.4 is 0 Å². The lowest BCUT2D eigenvalue weighted by Gasteiger charge is -2.46. The van der Waals surface area contributed by atoms with Gasteiger partial charge >= 0.3 is 0 Å². The molecule has 12 heavy (non-hydrogen) atoms. The first-order valence-electron chi connectivity index (χ1n) is 5.06. The second-order valence-electron chi connectivity index (χ2n) is 4.23. The summed E-state index contributed by atoms with van der Waals surface area (Å²) in [5.41, 5.74) is 0. The molecule has 0 aromatic rings. The number of hydrogen-bond acceptors (Lipinski definition) is 2. The van der Waals surface area contributed by atoms with Crippen LogP contribution in [0.1, 0.15) is 32.1 Å². The highest BCUT2D eigenvalue weighted by atomic mass is 16.5. The first kappa shape index (κ1) is 8.52. The zero-order chi connectivity index (χ0) is 8.55. The summed E-state index contributed by atoms with van der Waals surface area (Å²) in [5.74, 6) is 0. The van der Waals surface area contributed by atoms with Gasteiger partial charge in [0.15, 0.2) is 0 Å². The summed E-state index contributed by atoms with van der Waals surface area (Å²) >= 11 is 0. The number of hydrogen-bond donors (Lipinski definition) is 0. The van der Waals surface area contributed by atoms with Gasteiger partial charge in [-0.15, -0.1) is 0 Å². The van der Waals surface area contributed by atoms with E-state index >= 15 is 0 Å². The molecule has 2 nitrogen and oxygen atoms in total. The fourth-order valence-corrected chi connectivity index (χ4v) is 2.76. The quantitative estimate of drug-likeness (QED) is 0.592. The maximum Gasteiger partial charge on any atom is 0.0601 e. The molecule has 2 unspecified atom stereocenters. The van der Waals surface area contributed by atoms with Gasteiger partial charge in [-0.05, 0) is 32.7 Å². The third-order valence-corrected chi connectivity index (χ3v) is 3.63. The third-order valence-electron chi connectivity index (χ3n) is 3.63. The Hall–Kier alpha value is -0.0800. The van der Waals surface area contributed by atoms with Crippen molar-refractivity contribution in [1.82, 2.24) is 4.90 Å². The zero-order valence-corrected chi connectivity index (χ0v) is 8.12. The van der Waals surface area contributed by atoms with Gasteiger partial charge in [-0.25, -0.2) is 0 Å². The summed E-state index contributed by atoms with van der Waals surface area (Å²) < 4.78 is 5.45. The SMILES string of the molecule is COC1CC2CCCC(C1)N2C. The minimum Gasteiger partial charge on any atom is -0.381 e. The molecular formula is C10H19NO. The molecule has 2 fully saturated rings. The highest BCUT2D eigenvalue weighted by Gasteiger charge is 2.35. The van der Waals surface area contributed by atoms with E-state index in [1.807, 2.05) is 7.11 Å². The molecule has 0 amide bonds. The van der Waals surface area contributed by atoms with Crippen LogP contribution in [-0.2, 0) is 4.74 Å². The van der Waals surface area contributed by atoms with Crippen LogP contribution in [0.4, 0.5) is 0 Å². The molecule has 2 heteroatoms. The van der Waals surface area contributed by atoms with Crippen LogP contribution in [0.5, 0.6) is 0 Å². The van der Waals surface area contributed by atoms with Crippen molar-refractivity contribution >= 4 is 0 Å². The molecule has 0 aliphatic carbocycles. The predicted molar refractivity (Wildman–Crippen MR) is 49.2 cm³/mol. The fourth-order valence-electron chi connectivity index (χ4n) is 2.76. The van der Waals surface area contributed by atoms with E-state index in [2.05, 4.69) is 11.9 Å². The minimum atomic E-state index is 0.538. The molecule has 2 rings (SSSR count). The van der Waals surface area contributed by atoms with Gasteiger partial charge in [0.05, 0.1) is 6.10 Å². The van der Waals surface area contributed by atoms with Gasteiger partial charge in [-0.3, -0.25) is 0 Å². The van der Waals surface area contributed by atoms with Gasteiger partial charge in [-0.1, -0.05) is 6.42 Å². The highest BCUT2D eigenvalue weighted by Crippen LogP contribution is 2.33. The summed E-state index contributed by atoms with van der Waals surface area (Å²) in [6, 6.07) is 1.62. The average molecular weight is 169 g/mol. The molecule has 0 aromatic heterocycles. The van der Waals surface area contributed by atoms with Crippen molar-refractivity contribution in [2.24, 2.45) is 0 Å². The van der Waals surface area contributed by atoms with Crippen molar-refractivity contribution in [3.8, 4) is 0 Å². The third kappa shape index (κ3) is 1.38. The standard InChI is InChI=1S/C10H19NO/c1-11-8-4-3-5-9(11)7-10(6-8)12-2/h8-10H,3-7H2,1-2H3. The summed E-state index contributed by atoms with van der Waals surface area (Å²) in [6.45, 7) is 0. The van der Waals surface area contributed by atoms with Crippen LogP contribution in [0.25, 0.3) is 0 Å². The molecule has 2 saturated heterocycles. The van der Waals surface area contributed by atoms with Crippen molar-refractivity contribution < 1.29 is 4.74 Å². The van der Waals surface area contributed by atoms with E-state index in [1.165, 1.54) is 32.1 Å². The van der Waals surface area contributed by atoms with Crippen LogP contribution in [0, 0.1) is 0 Å². The topological polar surface area (TPSA) is 12.5 Å². The van der Waals surface area contributed by atoms with Gasteiger partial charge in [0.1, 0.15) is 0 Å². The second kappa shape index (κ2) is 3.35. The van der Waals surface area contributed by atoms with Crippen LogP contribution in [0.3, 0.4) is 0 Å². The Morgan fingerprint density at radius 1 is 1.17 bits per heavy atom. The Morgan fingerprint density at radius 3 is 2.25 bits per heavy atom. The first-order chi connectivity index (χ1) is 5.81. The molecule has 2 atom stereocenters. The van der Waals surface area contributed by atoms with Gasteiger partial charge in [0.2, 0.25) is 0 Å². The molecule has 0 N–H and O–H groups in total. The van der Waals surface area contributed by atoms with Crippen molar-refractivity contribution in [3.05, 3.63) is 0 Å². The van der Waals surface area contributed by atoms with Crippen LogP contribution in [0.2, 0.25) is 0 Å². The van der Waals surface area contributed by atoms with Crippen LogP contribution in [-0.4, -0.2) is 37.2 Å². The minimum absolute atomic E-state index is 0.538. The Balaban J connectivity index is 2.02. The van der Waals surface area contributed by atoms with Crippen molar-refractivity contribution in [1.29, 1.82) is 0 Å². The zero-order valence-electron chi connectivity index (χ0n) is 8.12. The summed E-state index contributed by atoms with van der Waals surface area (Å²) in [5, 5.41) is 0. The average Bonchev–Trinajstić information content (AvgIpc) is 2.04. The predicted octanol–water partition coefficient (Wildman–Crippen LogP) is 1.65. The lowest BCUT2D eigenvalue weighted by atomic mass is 9.83. The fraction of sp³-hybridized carbons (Fsp3) is 1.00. The maximum atomic E-state index is 5.45. The van der Waals surface area contributed by atoms with Gasteiger partial charge in [0, 0.05) is 19.2 Å². The van der Waals surface area contributed by atoms with E-state index in [0.29, 0.717) is 6.10 Å². The van der Waals surface area contributed by atoms with E-state index < -0.39 is 0 Å². The number of methoxy groups -OCH3 is 1. The van der Waals surface area contributed by atoms with Gasteiger partial charge < -0.3 is 9.64 Å². The maximum absolute atomic E-state index is 5.45. The number of nitrogens with zero attached hydrogens (tertiary/aromatic N) is 1. The summed E-state index contributed by atoms with van der Waals surface area (Å²) in [7, 11) is 4.13. The van der Waals surface area contributed by atoms with Crippen LogP contribution in [0.15, 0.2) is 0 Å². The molecule has 0 saturated carbocycles. The molecule has 70 valence electrons. The monoisotopic (exact) mass is 169 g/mol. The number of piperidine rings is 2. The van der Waals surface area contributed by atoms with E-state index in [1.54, 1.807) is 0 Å². The second-order valence-corrected chi connectivity index (χ2v) is 4.23. The van der Waals surface area contributed by atoms with E-state index in [9.17, 15) is 0 Å². The normalized spacial score (nSPS) is 43.0. The van der Waals surface area contributed by atoms with Gasteiger partial charge in [-0.2, -0.15) is 0 Å². The first-order valence-corrected chi connectivity index (χ1v) is 5.06. The smallest absolute Gasteiger partial charge is 0.0601 e. The largest absolute Gasteiger partial charge is 0.381 e. The van der Waals surface area contributed by atoms with E-state index in [4.69, 9.17) is 4.74 Å². The number of ether oxygens (including phenoxy) is 1. The Kier molecular flexibility index (Phi) is 2.37. The molecular weight excluding hydrogens is 150 g/mol. The molecule has 2 aliphatic heterocycles. The van der Waals surface area contributed by atoms with E-state index in [0.717, 1.165) is 12.1 Å². The molecule has 2 bridgehead atoms. The molecule has 0 spiro atoms. The van der Waals surface area contributed by atoms with Crippen molar-refractivity contribution in [2.45, 2.75) is 50.3 Å².